The second-order valence-corrected chi connectivity index (χ2v) is 6.48. The zero-order valence-corrected chi connectivity index (χ0v) is 16.9. The normalized spacial score (nSPS) is 11.3. The molecule has 7 heteroatoms. The van der Waals surface area contributed by atoms with Crippen LogP contribution in [0.2, 0.25) is 0 Å². The van der Waals surface area contributed by atoms with E-state index in [4.69, 9.17) is 5.73 Å². The molecule has 1 unspecified atom stereocenters. The number of carbonyl (C=O) groups excluding carboxylic acids is 2. The van der Waals surface area contributed by atoms with Crippen molar-refractivity contribution in [3.8, 4) is 0 Å². The topological polar surface area (TPSA) is 84.2 Å². The fourth-order valence-electron chi connectivity index (χ4n) is 2.81. The smallest absolute Gasteiger partial charge is 0.258 e. The van der Waals surface area contributed by atoms with Gasteiger partial charge in [0.2, 0.25) is 0 Å². The van der Waals surface area contributed by atoms with Crippen molar-refractivity contribution in [1.29, 1.82) is 0 Å². The number of hydrogen-bond acceptors (Lipinski definition) is 3. The van der Waals surface area contributed by atoms with Gasteiger partial charge in [-0.25, -0.2) is 4.39 Å². The van der Waals surface area contributed by atoms with Gasteiger partial charge in [-0.05, 0) is 37.1 Å². The maximum absolute atomic E-state index is 13.9. The van der Waals surface area contributed by atoms with Crippen LogP contribution in [0.25, 0.3) is 0 Å². The molecular formula is C21H27ClFN3O2. The van der Waals surface area contributed by atoms with Gasteiger partial charge in [0.05, 0.1) is 16.8 Å². The van der Waals surface area contributed by atoms with Crippen molar-refractivity contribution in [2.75, 3.05) is 11.9 Å². The Morgan fingerprint density at radius 1 is 1.07 bits per heavy atom. The molecular weight excluding hydrogens is 381 g/mol. The highest BCUT2D eigenvalue weighted by Gasteiger charge is 2.19. The molecule has 0 saturated heterocycles. The van der Waals surface area contributed by atoms with Gasteiger partial charge in [-0.15, -0.1) is 12.4 Å². The number of rotatable bonds is 8. The van der Waals surface area contributed by atoms with Crippen LogP contribution in [0, 0.1) is 12.7 Å². The van der Waals surface area contributed by atoms with Gasteiger partial charge in [0, 0.05) is 12.6 Å². The van der Waals surface area contributed by atoms with E-state index in [2.05, 4.69) is 17.6 Å². The van der Waals surface area contributed by atoms with E-state index in [1.165, 1.54) is 18.2 Å². The first-order valence-electron chi connectivity index (χ1n) is 9.14. The Bertz CT molecular complexity index is 814. The van der Waals surface area contributed by atoms with Gasteiger partial charge in [-0.1, -0.05) is 44.0 Å². The molecule has 4 N–H and O–H groups in total. The minimum atomic E-state index is -0.614. The summed E-state index contributed by atoms with van der Waals surface area (Å²) in [6.45, 7) is 4.20. The molecule has 0 aliphatic rings. The molecule has 5 nitrogen and oxygen atoms in total. The lowest BCUT2D eigenvalue weighted by atomic mass is 10.0. The zero-order valence-electron chi connectivity index (χ0n) is 16.1. The Labute approximate surface area is 171 Å². The van der Waals surface area contributed by atoms with Crippen LogP contribution in [-0.4, -0.2) is 24.4 Å². The molecule has 0 radical (unpaired) electrons. The first kappa shape index (κ1) is 23.6. The number of para-hydroxylation sites is 1. The van der Waals surface area contributed by atoms with E-state index in [1.807, 2.05) is 0 Å². The first-order chi connectivity index (χ1) is 13.0. The number of amides is 2. The van der Waals surface area contributed by atoms with Crippen molar-refractivity contribution < 1.29 is 14.0 Å². The van der Waals surface area contributed by atoms with Gasteiger partial charge >= 0.3 is 0 Å². The van der Waals surface area contributed by atoms with Gasteiger partial charge in [0.1, 0.15) is 5.82 Å². The molecule has 0 aromatic heterocycles. The molecule has 152 valence electrons. The number of halogens is 2. The summed E-state index contributed by atoms with van der Waals surface area (Å²) in [5, 5.41) is 5.60. The van der Waals surface area contributed by atoms with Crippen LogP contribution in [0.5, 0.6) is 0 Å². The summed E-state index contributed by atoms with van der Waals surface area (Å²) in [5.41, 5.74) is 7.09. The Kier molecular flexibility index (Phi) is 9.62. The highest BCUT2D eigenvalue weighted by Crippen LogP contribution is 2.22. The maximum atomic E-state index is 13.9. The molecule has 0 bridgehead atoms. The minimum absolute atomic E-state index is 0. The van der Waals surface area contributed by atoms with E-state index >= 15 is 0 Å². The molecule has 0 saturated carbocycles. The number of nitrogens with two attached hydrogens (primary N) is 1. The summed E-state index contributed by atoms with van der Waals surface area (Å²) in [5.74, 6) is -1.52. The SMILES string of the molecule is CCCCC(CN)NC(=O)c1cccc(C)c1NC(=O)c1ccccc1F.Cl. The Balaban J connectivity index is 0.00000392. The quantitative estimate of drug-likeness (QED) is 0.617. The van der Waals surface area contributed by atoms with Gasteiger partial charge in [-0.2, -0.15) is 0 Å². The number of benzene rings is 2. The molecule has 2 amide bonds. The molecule has 1 atom stereocenters. The summed E-state index contributed by atoms with van der Waals surface area (Å²) < 4.78 is 13.9. The average molecular weight is 408 g/mol. The molecule has 0 spiro atoms. The fraction of sp³-hybridized carbons (Fsp3) is 0.333. The first-order valence-corrected chi connectivity index (χ1v) is 9.14. The molecule has 0 aliphatic carbocycles. The molecule has 0 fully saturated rings. The maximum Gasteiger partial charge on any atom is 0.258 e. The van der Waals surface area contributed by atoms with Gasteiger partial charge < -0.3 is 16.4 Å². The second kappa shape index (κ2) is 11.4. The molecule has 0 aliphatic heterocycles. The van der Waals surface area contributed by atoms with Crippen LogP contribution in [0.4, 0.5) is 10.1 Å². The summed E-state index contributed by atoms with van der Waals surface area (Å²) in [7, 11) is 0. The molecule has 2 aromatic carbocycles. The summed E-state index contributed by atoms with van der Waals surface area (Å²) in [6.07, 6.45) is 2.77. The van der Waals surface area contributed by atoms with Crippen LogP contribution >= 0.6 is 12.4 Å². The van der Waals surface area contributed by atoms with E-state index in [0.717, 1.165) is 19.3 Å². The highest BCUT2D eigenvalue weighted by atomic mass is 35.5. The summed E-state index contributed by atoms with van der Waals surface area (Å²) in [4.78, 5) is 25.2. The summed E-state index contributed by atoms with van der Waals surface area (Å²) >= 11 is 0. The lowest BCUT2D eigenvalue weighted by Crippen LogP contribution is -2.40. The Morgan fingerprint density at radius 3 is 2.39 bits per heavy atom. The van der Waals surface area contributed by atoms with E-state index in [0.29, 0.717) is 23.4 Å². The van der Waals surface area contributed by atoms with Crippen molar-refractivity contribution in [1.82, 2.24) is 5.32 Å². The molecule has 28 heavy (non-hydrogen) atoms. The van der Waals surface area contributed by atoms with Crippen molar-refractivity contribution >= 4 is 29.9 Å². The van der Waals surface area contributed by atoms with Crippen molar-refractivity contribution in [3.05, 3.63) is 65.0 Å². The third-order valence-electron chi connectivity index (χ3n) is 4.40. The second-order valence-electron chi connectivity index (χ2n) is 6.48. The van der Waals surface area contributed by atoms with E-state index < -0.39 is 11.7 Å². The standard InChI is InChI=1S/C21H26FN3O2.ClH/c1-3-4-9-15(13-23)24-21(27)17-11-7-8-14(2)19(17)25-20(26)16-10-5-6-12-18(16)22;/h5-8,10-12,15H,3-4,9,13,23H2,1-2H3,(H,24,27)(H,25,26);1H. The predicted molar refractivity (Wildman–Crippen MR) is 113 cm³/mol. The van der Waals surface area contributed by atoms with Gasteiger partial charge in [0.15, 0.2) is 0 Å². The van der Waals surface area contributed by atoms with Crippen molar-refractivity contribution in [2.45, 2.75) is 39.2 Å². The number of unbranched alkanes of at least 4 members (excludes halogenated alkanes) is 1. The van der Waals surface area contributed by atoms with Crippen molar-refractivity contribution in [3.63, 3.8) is 0 Å². The van der Waals surface area contributed by atoms with Crippen LogP contribution in [0.1, 0.15) is 52.5 Å². The lowest BCUT2D eigenvalue weighted by molar-refractivity contribution is 0.0936. The Morgan fingerprint density at radius 2 is 1.75 bits per heavy atom. The monoisotopic (exact) mass is 407 g/mol. The molecule has 2 rings (SSSR count). The fourth-order valence-corrected chi connectivity index (χ4v) is 2.81. The van der Waals surface area contributed by atoms with E-state index in [1.54, 1.807) is 31.2 Å². The molecule has 2 aromatic rings. The molecule has 0 heterocycles. The lowest BCUT2D eigenvalue weighted by Gasteiger charge is -2.19. The van der Waals surface area contributed by atoms with Crippen molar-refractivity contribution in [2.24, 2.45) is 5.73 Å². The number of nitrogens with one attached hydrogen (secondary N) is 2. The number of anilines is 1. The third-order valence-corrected chi connectivity index (χ3v) is 4.40. The van der Waals surface area contributed by atoms with E-state index in [-0.39, 0.29) is 29.9 Å². The highest BCUT2D eigenvalue weighted by molar-refractivity contribution is 6.09. The minimum Gasteiger partial charge on any atom is -0.348 e. The largest absolute Gasteiger partial charge is 0.348 e. The zero-order chi connectivity index (χ0) is 19.8. The van der Waals surface area contributed by atoms with Gasteiger partial charge in [0.25, 0.3) is 11.8 Å². The van der Waals surface area contributed by atoms with Crippen LogP contribution in [-0.2, 0) is 0 Å². The predicted octanol–water partition coefficient (Wildman–Crippen LogP) is 4.06. The number of carbonyl (C=O) groups is 2. The Hall–Kier alpha value is -2.44. The van der Waals surface area contributed by atoms with Crippen LogP contribution in [0.3, 0.4) is 0 Å². The third kappa shape index (κ3) is 6.04. The number of hydrogen-bond donors (Lipinski definition) is 3. The average Bonchev–Trinajstić information content (AvgIpc) is 2.66. The van der Waals surface area contributed by atoms with Crippen LogP contribution in [0.15, 0.2) is 42.5 Å². The van der Waals surface area contributed by atoms with Crippen LogP contribution < -0.4 is 16.4 Å². The summed E-state index contributed by atoms with van der Waals surface area (Å²) in [6, 6.07) is 10.8. The number of aryl methyl sites for hydroxylation is 1. The van der Waals surface area contributed by atoms with Gasteiger partial charge in [-0.3, -0.25) is 9.59 Å². The van der Waals surface area contributed by atoms with E-state index in [9.17, 15) is 14.0 Å².